The number of nitrogens with one attached hydrogen (secondary N) is 1. The van der Waals surface area contributed by atoms with Crippen LogP contribution in [-0.4, -0.2) is 44.2 Å². The molecule has 3 rings (SSSR count). The third kappa shape index (κ3) is 4.51. The van der Waals surface area contributed by atoms with Crippen molar-refractivity contribution in [2.24, 2.45) is 0 Å². The Hall–Kier alpha value is -0.480. The van der Waals surface area contributed by atoms with Crippen LogP contribution >= 0.6 is 24.8 Å². The highest BCUT2D eigenvalue weighted by molar-refractivity contribution is 5.85. The van der Waals surface area contributed by atoms with Gasteiger partial charge < -0.3 is 10.2 Å². The van der Waals surface area contributed by atoms with Crippen LogP contribution in [0.4, 0.5) is 5.69 Å². The Morgan fingerprint density at radius 2 is 1.55 bits per heavy atom. The lowest BCUT2D eigenvalue weighted by Crippen LogP contribution is -2.45. The van der Waals surface area contributed by atoms with Crippen molar-refractivity contribution in [3.05, 3.63) is 29.8 Å². The molecule has 0 aromatic heterocycles. The average molecular weight is 346 g/mol. The fourth-order valence-corrected chi connectivity index (χ4v) is 3.58. The number of benzene rings is 1. The fourth-order valence-electron chi connectivity index (χ4n) is 3.58. The molecule has 2 aliphatic heterocycles. The molecule has 0 bridgehead atoms. The summed E-state index contributed by atoms with van der Waals surface area (Å²) in [4.78, 5) is 5.14. The van der Waals surface area contributed by atoms with Gasteiger partial charge in [-0.1, -0.05) is 19.1 Å². The minimum Gasteiger partial charge on any atom is -0.372 e. The first kappa shape index (κ1) is 19.6. The minimum atomic E-state index is 0. The standard InChI is InChI=1S/C17H27N3.2ClH/c1-2-17(20-13-9-18-10-14-20)15-5-7-16(8-6-15)19-11-3-4-12-19;;/h5-8,17-18H,2-4,9-14H2,1H3;2*1H/t17-;;/m1../s1. The predicted molar refractivity (Wildman–Crippen MR) is 99.9 cm³/mol. The van der Waals surface area contributed by atoms with E-state index in [2.05, 4.69) is 46.3 Å². The summed E-state index contributed by atoms with van der Waals surface area (Å²) in [6, 6.07) is 9.94. The summed E-state index contributed by atoms with van der Waals surface area (Å²) in [6.45, 7) is 9.37. The van der Waals surface area contributed by atoms with E-state index in [4.69, 9.17) is 0 Å². The van der Waals surface area contributed by atoms with Crippen molar-refractivity contribution in [3.8, 4) is 0 Å². The van der Waals surface area contributed by atoms with E-state index in [0.717, 1.165) is 13.1 Å². The largest absolute Gasteiger partial charge is 0.372 e. The van der Waals surface area contributed by atoms with Crippen LogP contribution < -0.4 is 10.2 Å². The van der Waals surface area contributed by atoms with Gasteiger partial charge in [-0.25, -0.2) is 0 Å². The van der Waals surface area contributed by atoms with Gasteiger partial charge in [0.05, 0.1) is 0 Å². The van der Waals surface area contributed by atoms with E-state index in [9.17, 15) is 0 Å². The van der Waals surface area contributed by atoms with Crippen LogP contribution in [0.25, 0.3) is 0 Å². The molecule has 3 nitrogen and oxygen atoms in total. The molecule has 0 unspecified atom stereocenters. The first-order valence-electron chi connectivity index (χ1n) is 8.18. The van der Waals surface area contributed by atoms with Gasteiger partial charge in [0.15, 0.2) is 0 Å². The van der Waals surface area contributed by atoms with E-state index in [0.29, 0.717) is 6.04 Å². The molecule has 2 saturated heterocycles. The molecule has 0 radical (unpaired) electrons. The van der Waals surface area contributed by atoms with Crippen LogP contribution in [0.15, 0.2) is 24.3 Å². The highest BCUT2D eigenvalue weighted by Gasteiger charge is 2.20. The Morgan fingerprint density at radius 1 is 0.955 bits per heavy atom. The molecule has 1 atom stereocenters. The maximum absolute atomic E-state index is 3.44. The smallest absolute Gasteiger partial charge is 0.0366 e. The van der Waals surface area contributed by atoms with E-state index in [1.54, 1.807) is 0 Å². The third-order valence-electron chi connectivity index (χ3n) is 4.73. The van der Waals surface area contributed by atoms with E-state index in [1.807, 2.05) is 0 Å². The Balaban J connectivity index is 0.00000121. The van der Waals surface area contributed by atoms with Gasteiger partial charge in [0.1, 0.15) is 0 Å². The third-order valence-corrected chi connectivity index (χ3v) is 4.73. The van der Waals surface area contributed by atoms with E-state index < -0.39 is 0 Å². The maximum Gasteiger partial charge on any atom is 0.0366 e. The summed E-state index contributed by atoms with van der Waals surface area (Å²) in [6.07, 6.45) is 3.89. The zero-order valence-electron chi connectivity index (χ0n) is 13.5. The molecule has 0 aliphatic carbocycles. The van der Waals surface area contributed by atoms with Gasteiger partial charge in [0, 0.05) is 51.0 Å². The van der Waals surface area contributed by atoms with Crippen molar-refractivity contribution in [2.75, 3.05) is 44.2 Å². The lowest BCUT2D eigenvalue weighted by molar-refractivity contribution is 0.169. The lowest BCUT2D eigenvalue weighted by atomic mass is 10.0. The summed E-state index contributed by atoms with van der Waals surface area (Å²) in [5.74, 6) is 0. The van der Waals surface area contributed by atoms with Gasteiger partial charge in [0.25, 0.3) is 0 Å². The van der Waals surface area contributed by atoms with Gasteiger partial charge >= 0.3 is 0 Å². The first-order valence-corrected chi connectivity index (χ1v) is 8.18. The van der Waals surface area contributed by atoms with Crippen molar-refractivity contribution >= 4 is 30.5 Å². The molecular formula is C17H29Cl2N3. The van der Waals surface area contributed by atoms with Gasteiger partial charge in [-0.2, -0.15) is 0 Å². The van der Waals surface area contributed by atoms with Crippen LogP contribution in [0.1, 0.15) is 37.8 Å². The number of halogens is 2. The summed E-state index contributed by atoms with van der Waals surface area (Å²) < 4.78 is 0. The molecule has 1 aromatic carbocycles. The summed E-state index contributed by atoms with van der Waals surface area (Å²) >= 11 is 0. The van der Waals surface area contributed by atoms with Gasteiger partial charge in [-0.05, 0) is 37.0 Å². The van der Waals surface area contributed by atoms with Crippen molar-refractivity contribution in [2.45, 2.75) is 32.2 Å². The second kappa shape index (κ2) is 9.61. The molecule has 2 fully saturated rings. The number of piperazine rings is 1. The van der Waals surface area contributed by atoms with Crippen LogP contribution in [0, 0.1) is 0 Å². The van der Waals surface area contributed by atoms with Crippen LogP contribution in [0.3, 0.4) is 0 Å². The summed E-state index contributed by atoms with van der Waals surface area (Å²) in [5, 5.41) is 3.44. The molecule has 126 valence electrons. The normalized spacial score (nSPS) is 20.1. The molecule has 5 heteroatoms. The molecule has 1 N–H and O–H groups in total. The van der Waals surface area contributed by atoms with Crippen LogP contribution in [0.5, 0.6) is 0 Å². The quantitative estimate of drug-likeness (QED) is 0.900. The molecule has 0 amide bonds. The van der Waals surface area contributed by atoms with Crippen molar-refractivity contribution in [1.82, 2.24) is 10.2 Å². The SMILES string of the molecule is CC[C@H](c1ccc(N2CCCC2)cc1)N1CCNCC1.Cl.Cl. The monoisotopic (exact) mass is 345 g/mol. The topological polar surface area (TPSA) is 18.5 Å². The number of hydrogen-bond acceptors (Lipinski definition) is 3. The van der Waals surface area contributed by atoms with E-state index in [1.165, 1.54) is 56.7 Å². The molecule has 2 aliphatic rings. The van der Waals surface area contributed by atoms with E-state index in [-0.39, 0.29) is 24.8 Å². The second-order valence-corrected chi connectivity index (χ2v) is 6.00. The predicted octanol–water partition coefficient (Wildman–Crippen LogP) is 3.49. The van der Waals surface area contributed by atoms with Crippen molar-refractivity contribution in [3.63, 3.8) is 0 Å². The van der Waals surface area contributed by atoms with Crippen LogP contribution in [0.2, 0.25) is 0 Å². The molecular weight excluding hydrogens is 317 g/mol. The van der Waals surface area contributed by atoms with E-state index >= 15 is 0 Å². The Labute approximate surface area is 147 Å². The Morgan fingerprint density at radius 3 is 2.09 bits per heavy atom. The zero-order chi connectivity index (χ0) is 13.8. The van der Waals surface area contributed by atoms with Gasteiger partial charge in [0.2, 0.25) is 0 Å². The molecule has 1 aromatic rings. The van der Waals surface area contributed by atoms with Gasteiger partial charge in [-0.3, -0.25) is 4.90 Å². The van der Waals surface area contributed by atoms with Crippen molar-refractivity contribution < 1.29 is 0 Å². The molecule has 2 heterocycles. The number of rotatable bonds is 4. The number of nitrogens with zero attached hydrogens (tertiary/aromatic N) is 2. The zero-order valence-corrected chi connectivity index (χ0v) is 15.1. The highest BCUT2D eigenvalue weighted by atomic mass is 35.5. The minimum absolute atomic E-state index is 0. The number of hydrogen-bond donors (Lipinski definition) is 1. The lowest BCUT2D eigenvalue weighted by Gasteiger charge is -2.35. The summed E-state index contributed by atoms with van der Waals surface area (Å²) in [5.41, 5.74) is 2.89. The summed E-state index contributed by atoms with van der Waals surface area (Å²) in [7, 11) is 0. The molecule has 0 saturated carbocycles. The van der Waals surface area contributed by atoms with Crippen molar-refractivity contribution in [1.29, 1.82) is 0 Å². The Bertz CT molecular complexity index is 412. The molecule has 22 heavy (non-hydrogen) atoms. The number of anilines is 1. The second-order valence-electron chi connectivity index (χ2n) is 6.00. The van der Waals surface area contributed by atoms with Crippen LogP contribution in [-0.2, 0) is 0 Å². The Kier molecular flexibility index (Phi) is 8.55. The maximum atomic E-state index is 3.44. The van der Waals surface area contributed by atoms with Gasteiger partial charge in [-0.15, -0.1) is 24.8 Å². The fraction of sp³-hybridized carbons (Fsp3) is 0.647. The average Bonchev–Trinajstić information content (AvgIpc) is 3.04. The first-order chi connectivity index (χ1) is 9.88. The molecule has 0 spiro atoms. The highest BCUT2D eigenvalue weighted by Crippen LogP contribution is 2.27.